The summed E-state index contributed by atoms with van der Waals surface area (Å²) in [5.74, 6) is -0.236. The number of carbonyl (C=O) groups excluding carboxylic acids is 1. The van der Waals surface area contributed by atoms with Gasteiger partial charge in [-0.2, -0.15) is 0 Å². The standard InChI is InChI=1S/C15H12BrN3O2S/c1-8-11-14(17-7-19(2)15(11)21)22-12(8)13(20)18-10-5-3-4-9(16)6-10/h3-7H,1-2H3,(H,18,20). The highest BCUT2D eigenvalue weighted by Gasteiger charge is 2.19. The summed E-state index contributed by atoms with van der Waals surface area (Å²) in [5, 5.41) is 3.35. The zero-order chi connectivity index (χ0) is 15.9. The summed E-state index contributed by atoms with van der Waals surface area (Å²) in [5.41, 5.74) is 1.22. The van der Waals surface area contributed by atoms with Crippen LogP contribution in [0.4, 0.5) is 5.69 Å². The molecule has 0 saturated carbocycles. The number of carbonyl (C=O) groups is 1. The topological polar surface area (TPSA) is 64.0 Å². The summed E-state index contributed by atoms with van der Waals surface area (Å²) in [7, 11) is 1.65. The van der Waals surface area contributed by atoms with E-state index in [2.05, 4.69) is 26.2 Å². The maximum atomic E-state index is 12.5. The molecule has 22 heavy (non-hydrogen) atoms. The smallest absolute Gasteiger partial charge is 0.266 e. The number of halogens is 1. The van der Waals surface area contributed by atoms with Crippen LogP contribution < -0.4 is 10.9 Å². The number of thiophene rings is 1. The molecule has 0 bridgehead atoms. The zero-order valence-electron chi connectivity index (χ0n) is 11.9. The van der Waals surface area contributed by atoms with Gasteiger partial charge in [-0.05, 0) is 30.7 Å². The van der Waals surface area contributed by atoms with Gasteiger partial charge in [0.25, 0.3) is 11.5 Å². The molecule has 0 spiro atoms. The number of nitrogens with one attached hydrogen (secondary N) is 1. The lowest BCUT2D eigenvalue weighted by Gasteiger charge is -2.04. The van der Waals surface area contributed by atoms with Crippen LogP contribution in [0.15, 0.2) is 39.9 Å². The van der Waals surface area contributed by atoms with E-state index in [0.29, 0.717) is 26.3 Å². The first-order valence-electron chi connectivity index (χ1n) is 6.49. The highest BCUT2D eigenvalue weighted by molar-refractivity contribution is 9.10. The van der Waals surface area contributed by atoms with Crippen LogP contribution >= 0.6 is 27.3 Å². The first kappa shape index (κ1) is 14.9. The van der Waals surface area contributed by atoms with E-state index < -0.39 is 0 Å². The second-order valence-electron chi connectivity index (χ2n) is 4.86. The van der Waals surface area contributed by atoms with Crippen LogP contribution in [0.1, 0.15) is 15.2 Å². The van der Waals surface area contributed by atoms with Gasteiger partial charge in [0, 0.05) is 17.2 Å². The van der Waals surface area contributed by atoms with Gasteiger partial charge < -0.3 is 9.88 Å². The molecule has 1 amide bonds. The molecule has 0 radical (unpaired) electrons. The highest BCUT2D eigenvalue weighted by Crippen LogP contribution is 2.27. The van der Waals surface area contributed by atoms with Crippen LogP contribution in [-0.4, -0.2) is 15.5 Å². The van der Waals surface area contributed by atoms with E-state index in [0.717, 1.165) is 4.47 Å². The summed E-state index contributed by atoms with van der Waals surface area (Å²) < 4.78 is 2.30. The maximum absolute atomic E-state index is 12.5. The van der Waals surface area contributed by atoms with Crippen molar-refractivity contribution in [1.82, 2.24) is 9.55 Å². The van der Waals surface area contributed by atoms with E-state index in [1.54, 1.807) is 14.0 Å². The Hall–Kier alpha value is -1.99. The molecule has 0 aliphatic carbocycles. The lowest BCUT2D eigenvalue weighted by Crippen LogP contribution is -2.17. The minimum Gasteiger partial charge on any atom is -0.321 e. The maximum Gasteiger partial charge on any atom is 0.266 e. The van der Waals surface area contributed by atoms with Crippen LogP contribution in [0.3, 0.4) is 0 Å². The molecule has 0 unspecified atom stereocenters. The molecular weight excluding hydrogens is 366 g/mol. The van der Waals surface area contributed by atoms with Crippen molar-refractivity contribution >= 4 is 49.1 Å². The molecule has 3 rings (SSSR count). The Balaban J connectivity index is 2.03. The van der Waals surface area contributed by atoms with E-state index in [1.165, 1.54) is 22.2 Å². The first-order valence-corrected chi connectivity index (χ1v) is 8.10. The summed E-state index contributed by atoms with van der Waals surface area (Å²) in [6, 6.07) is 7.35. The van der Waals surface area contributed by atoms with Crippen molar-refractivity contribution in [3.8, 4) is 0 Å². The molecule has 1 N–H and O–H groups in total. The number of rotatable bonds is 2. The molecule has 2 aromatic heterocycles. The molecular formula is C15H12BrN3O2S. The van der Waals surface area contributed by atoms with Crippen molar-refractivity contribution in [2.45, 2.75) is 6.92 Å². The van der Waals surface area contributed by atoms with Gasteiger partial charge in [-0.25, -0.2) is 4.98 Å². The summed E-state index contributed by atoms with van der Waals surface area (Å²) >= 11 is 4.60. The SMILES string of the molecule is Cc1c(C(=O)Nc2cccc(Br)c2)sc2ncn(C)c(=O)c12. The van der Waals surface area contributed by atoms with Crippen LogP contribution in [-0.2, 0) is 7.05 Å². The Kier molecular flexibility index (Phi) is 3.84. The van der Waals surface area contributed by atoms with Gasteiger partial charge in [-0.3, -0.25) is 9.59 Å². The molecule has 0 atom stereocenters. The first-order chi connectivity index (χ1) is 10.5. The van der Waals surface area contributed by atoms with E-state index >= 15 is 0 Å². The fourth-order valence-corrected chi connectivity index (χ4v) is 3.61. The predicted molar refractivity (Wildman–Crippen MR) is 91.7 cm³/mol. The van der Waals surface area contributed by atoms with Crippen molar-refractivity contribution in [3.05, 3.63) is 55.9 Å². The largest absolute Gasteiger partial charge is 0.321 e. The molecule has 0 fully saturated rings. The number of nitrogens with zero attached hydrogens (tertiary/aromatic N) is 2. The monoisotopic (exact) mass is 377 g/mol. The van der Waals surface area contributed by atoms with Crippen molar-refractivity contribution in [2.24, 2.45) is 7.05 Å². The molecule has 7 heteroatoms. The van der Waals surface area contributed by atoms with Crippen molar-refractivity contribution in [3.63, 3.8) is 0 Å². The minimum absolute atomic E-state index is 0.139. The summed E-state index contributed by atoms with van der Waals surface area (Å²) in [4.78, 5) is 29.9. The predicted octanol–water partition coefficient (Wildman–Crippen LogP) is 3.32. The van der Waals surface area contributed by atoms with Crippen molar-refractivity contribution in [2.75, 3.05) is 5.32 Å². The van der Waals surface area contributed by atoms with Gasteiger partial charge in [-0.15, -0.1) is 11.3 Å². The Morgan fingerprint density at radius 3 is 2.91 bits per heavy atom. The summed E-state index contributed by atoms with van der Waals surface area (Å²) in [6.45, 7) is 1.78. The second kappa shape index (κ2) is 5.66. The number of fused-ring (bicyclic) bond motifs is 1. The Morgan fingerprint density at radius 2 is 2.18 bits per heavy atom. The molecule has 112 valence electrons. The van der Waals surface area contributed by atoms with Crippen LogP contribution in [0.2, 0.25) is 0 Å². The molecule has 0 aliphatic heterocycles. The average Bonchev–Trinajstić information content (AvgIpc) is 2.81. The molecule has 0 saturated heterocycles. The van der Waals surface area contributed by atoms with Gasteiger partial charge >= 0.3 is 0 Å². The lowest BCUT2D eigenvalue weighted by molar-refractivity contribution is 0.103. The number of anilines is 1. The quantitative estimate of drug-likeness (QED) is 0.744. The van der Waals surface area contributed by atoms with Crippen LogP contribution in [0.25, 0.3) is 10.2 Å². The number of aryl methyl sites for hydroxylation is 2. The Bertz CT molecular complexity index is 946. The van der Waals surface area contributed by atoms with Crippen molar-refractivity contribution < 1.29 is 4.79 Å². The fraction of sp³-hybridized carbons (Fsp3) is 0.133. The number of benzene rings is 1. The second-order valence-corrected chi connectivity index (χ2v) is 6.78. The fourth-order valence-electron chi connectivity index (χ4n) is 2.18. The van der Waals surface area contributed by atoms with E-state index in [9.17, 15) is 9.59 Å². The average molecular weight is 378 g/mol. The Morgan fingerprint density at radius 1 is 1.41 bits per heavy atom. The molecule has 3 aromatic rings. The van der Waals surface area contributed by atoms with Crippen molar-refractivity contribution in [1.29, 1.82) is 0 Å². The third kappa shape index (κ3) is 2.57. The number of aromatic nitrogens is 2. The van der Waals surface area contributed by atoms with E-state index in [-0.39, 0.29) is 11.5 Å². The zero-order valence-corrected chi connectivity index (χ0v) is 14.3. The highest BCUT2D eigenvalue weighted by atomic mass is 79.9. The summed E-state index contributed by atoms with van der Waals surface area (Å²) in [6.07, 6.45) is 1.47. The molecule has 2 heterocycles. The number of hydrogen-bond acceptors (Lipinski definition) is 4. The number of amides is 1. The van der Waals surface area contributed by atoms with E-state index in [4.69, 9.17) is 0 Å². The Labute approximate surface area is 138 Å². The van der Waals surface area contributed by atoms with E-state index in [1.807, 2.05) is 24.3 Å². The molecule has 5 nitrogen and oxygen atoms in total. The molecule has 0 aliphatic rings. The number of hydrogen-bond donors (Lipinski definition) is 1. The lowest BCUT2D eigenvalue weighted by atomic mass is 10.2. The van der Waals surface area contributed by atoms with Gasteiger partial charge in [0.2, 0.25) is 0 Å². The van der Waals surface area contributed by atoms with Gasteiger partial charge in [0.05, 0.1) is 16.6 Å². The minimum atomic E-state index is -0.236. The normalized spacial score (nSPS) is 10.9. The van der Waals surface area contributed by atoms with Gasteiger partial charge in [0.1, 0.15) is 4.83 Å². The van der Waals surface area contributed by atoms with Gasteiger partial charge in [0.15, 0.2) is 0 Å². The molecule has 1 aromatic carbocycles. The third-order valence-corrected chi connectivity index (χ3v) is 4.99. The van der Waals surface area contributed by atoms with Crippen LogP contribution in [0.5, 0.6) is 0 Å². The third-order valence-electron chi connectivity index (χ3n) is 3.30. The van der Waals surface area contributed by atoms with Gasteiger partial charge in [-0.1, -0.05) is 22.0 Å². The van der Waals surface area contributed by atoms with Crippen LogP contribution in [0, 0.1) is 6.92 Å².